The molecule has 0 radical (unpaired) electrons. The Labute approximate surface area is 322 Å². The number of nitrogens with zero attached hydrogens (tertiary/aromatic N) is 1. The summed E-state index contributed by atoms with van der Waals surface area (Å²) in [4.78, 5) is 2.40. The third kappa shape index (κ3) is 5.32. The smallest absolute Gasteiger partial charge is 0.143 e. The normalized spacial score (nSPS) is 11.6. The highest BCUT2D eigenvalue weighted by Crippen LogP contribution is 2.46. The minimum atomic E-state index is 0.910. The number of hydrogen-bond acceptors (Lipinski definition) is 3. The first kappa shape index (κ1) is 31.6. The van der Waals surface area contributed by atoms with Crippen molar-refractivity contribution in [3.63, 3.8) is 0 Å². The van der Waals surface area contributed by atoms with Crippen LogP contribution in [0, 0.1) is 0 Å². The van der Waals surface area contributed by atoms with Gasteiger partial charge in [0.25, 0.3) is 0 Å². The van der Waals surface area contributed by atoms with Crippen molar-refractivity contribution < 1.29 is 4.42 Å². The van der Waals surface area contributed by atoms with E-state index in [2.05, 4.69) is 193 Å². The van der Waals surface area contributed by atoms with Crippen LogP contribution in [0.1, 0.15) is 0 Å². The number of para-hydroxylation sites is 2. The number of rotatable bonds is 6. The van der Waals surface area contributed by atoms with Gasteiger partial charge in [-0.1, -0.05) is 152 Å². The van der Waals surface area contributed by atoms with Gasteiger partial charge in [-0.25, -0.2) is 0 Å². The summed E-state index contributed by atoms with van der Waals surface area (Å²) in [7, 11) is 0. The Hall–Kier alpha value is -6.94. The van der Waals surface area contributed by atoms with Crippen molar-refractivity contribution in [1.82, 2.24) is 0 Å². The molecule has 2 nitrogen and oxygen atoms in total. The van der Waals surface area contributed by atoms with Gasteiger partial charge in [0.15, 0.2) is 0 Å². The van der Waals surface area contributed by atoms with Crippen molar-refractivity contribution in [2.45, 2.75) is 0 Å². The molecule has 258 valence electrons. The minimum Gasteiger partial charge on any atom is -0.455 e. The second-order valence-corrected chi connectivity index (χ2v) is 15.1. The molecule has 0 N–H and O–H groups in total. The quantitative estimate of drug-likeness (QED) is 0.170. The molecule has 0 aliphatic carbocycles. The monoisotopic (exact) mass is 719 g/mol. The van der Waals surface area contributed by atoms with Gasteiger partial charge in [0.2, 0.25) is 0 Å². The molecule has 11 aromatic rings. The molecule has 2 heterocycles. The molecule has 3 heteroatoms. The molecule has 11 rings (SSSR count). The van der Waals surface area contributed by atoms with Gasteiger partial charge < -0.3 is 9.32 Å². The maximum atomic E-state index is 6.42. The fourth-order valence-corrected chi connectivity index (χ4v) is 9.45. The van der Waals surface area contributed by atoms with E-state index in [4.69, 9.17) is 4.42 Å². The van der Waals surface area contributed by atoms with Gasteiger partial charge in [-0.05, 0) is 87.1 Å². The van der Waals surface area contributed by atoms with Crippen LogP contribution in [0.3, 0.4) is 0 Å². The Kier molecular flexibility index (Phi) is 7.39. The lowest BCUT2D eigenvalue weighted by atomic mass is 9.95. The lowest BCUT2D eigenvalue weighted by Gasteiger charge is -2.26. The van der Waals surface area contributed by atoms with E-state index in [1.807, 2.05) is 23.5 Å². The Balaban J connectivity index is 1.02. The summed E-state index contributed by atoms with van der Waals surface area (Å²) in [5.41, 5.74) is 12.2. The molecule has 55 heavy (non-hydrogen) atoms. The van der Waals surface area contributed by atoms with Crippen LogP contribution in [0.5, 0.6) is 0 Å². The van der Waals surface area contributed by atoms with Gasteiger partial charge >= 0.3 is 0 Å². The molecule has 0 saturated heterocycles. The largest absolute Gasteiger partial charge is 0.455 e. The van der Waals surface area contributed by atoms with E-state index in [1.165, 1.54) is 53.2 Å². The van der Waals surface area contributed by atoms with Crippen LogP contribution < -0.4 is 4.90 Å². The summed E-state index contributed by atoms with van der Waals surface area (Å²) >= 11 is 1.86. The van der Waals surface area contributed by atoms with Crippen LogP contribution in [0.25, 0.3) is 86.3 Å². The van der Waals surface area contributed by atoms with E-state index >= 15 is 0 Å². The van der Waals surface area contributed by atoms with Crippen molar-refractivity contribution in [1.29, 1.82) is 0 Å². The van der Waals surface area contributed by atoms with Crippen LogP contribution in [-0.4, -0.2) is 0 Å². The summed E-state index contributed by atoms with van der Waals surface area (Å²) < 4.78 is 8.98. The van der Waals surface area contributed by atoms with Gasteiger partial charge in [0.05, 0.1) is 10.4 Å². The molecule has 0 aliphatic heterocycles. The fourth-order valence-electron chi connectivity index (χ4n) is 8.25. The molecule has 0 amide bonds. The first-order valence-corrected chi connectivity index (χ1v) is 19.5. The van der Waals surface area contributed by atoms with Crippen molar-refractivity contribution >= 4 is 81.3 Å². The highest BCUT2D eigenvalue weighted by molar-refractivity contribution is 7.26. The van der Waals surface area contributed by atoms with Crippen molar-refractivity contribution in [3.8, 4) is 33.4 Å². The number of thiophene rings is 1. The van der Waals surface area contributed by atoms with Crippen LogP contribution in [0.2, 0.25) is 0 Å². The predicted octanol–water partition coefficient (Wildman–Crippen LogP) is 15.6. The Bertz CT molecular complexity index is 3200. The van der Waals surface area contributed by atoms with Crippen LogP contribution in [0.4, 0.5) is 17.1 Å². The molecule has 0 atom stereocenters. The SMILES string of the molecule is c1cc(-c2ccc(N(c3ccc(-c4cccc5c4oc4ccccc45)cc3)c3cccc4c3sc3ccccc34)cc2)cc(-c2cccc3ccccc23)c1. The van der Waals surface area contributed by atoms with Crippen molar-refractivity contribution in [2.24, 2.45) is 0 Å². The van der Waals surface area contributed by atoms with Gasteiger partial charge in [-0.2, -0.15) is 0 Å². The van der Waals surface area contributed by atoms with Crippen LogP contribution in [0.15, 0.2) is 205 Å². The molecule has 2 aromatic heterocycles. The molecule has 9 aromatic carbocycles. The zero-order chi connectivity index (χ0) is 36.3. The zero-order valence-corrected chi connectivity index (χ0v) is 30.6. The summed E-state index contributed by atoms with van der Waals surface area (Å²) in [6, 6.07) is 72.1. The molecular formula is C52H33NOS. The van der Waals surface area contributed by atoms with E-state index in [1.54, 1.807) is 0 Å². The third-order valence-electron chi connectivity index (χ3n) is 10.9. The first-order chi connectivity index (χ1) is 27.3. The molecule has 0 unspecified atom stereocenters. The van der Waals surface area contributed by atoms with Gasteiger partial charge in [-0.15, -0.1) is 11.3 Å². The topological polar surface area (TPSA) is 16.4 Å². The summed E-state index contributed by atoms with van der Waals surface area (Å²) in [5, 5.41) is 7.37. The minimum absolute atomic E-state index is 0.910. The average molecular weight is 720 g/mol. The Morgan fingerprint density at radius 2 is 0.982 bits per heavy atom. The molecule has 0 saturated carbocycles. The number of hydrogen-bond donors (Lipinski definition) is 0. The summed E-state index contributed by atoms with van der Waals surface area (Å²) in [6.45, 7) is 0. The summed E-state index contributed by atoms with van der Waals surface area (Å²) in [5.74, 6) is 0. The molecule has 0 aliphatic rings. The van der Waals surface area contributed by atoms with E-state index < -0.39 is 0 Å². The number of benzene rings is 9. The lowest BCUT2D eigenvalue weighted by Crippen LogP contribution is -2.10. The summed E-state index contributed by atoms with van der Waals surface area (Å²) in [6.07, 6.45) is 0. The maximum absolute atomic E-state index is 6.42. The van der Waals surface area contributed by atoms with Gasteiger partial charge in [-0.3, -0.25) is 0 Å². The lowest BCUT2D eigenvalue weighted by molar-refractivity contribution is 0.670. The number of furan rings is 1. The third-order valence-corrected chi connectivity index (χ3v) is 12.1. The van der Waals surface area contributed by atoms with E-state index in [0.29, 0.717) is 0 Å². The molecule has 0 spiro atoms. The molecule has 0 fully saturated rings. The van der Waals surface area contributed by atoms with Crippen molar-refractivity contribution in [3.05, 3.63) is 200 Å². The van der Waals surface area contributed by atoms with E-state index in [-0.39, 0.29) is 0 Å². The Morgan fingerprint density at radius 3 is 1.84 bits per heavy atom. The van der Waals surface area contributed by atoms with Crippen LogP contribution in [-0.2, 0) is 0 Å². The zero-order valence-electron chi connectivity index (χ0n) is 29.8. The fraction of sp³-hybridized carbons (Fsp3) is 0. The first-order valence-electron chi connectivity index (χ1n) is 18.7. The second-order valence-electron chi connectivity index (χ2n) is 14.1. The van der Waals surface area contributed by atoms with Crippen LogP contribution >= 0.6 is 11.3 Å². The average Bonchev–Trinajstić information content (AvgIpc) is 3.83. The van der Waals surface area contributed by atoms with E-state index in [9.17, 15) is 0 Å². The van der Waals surface area contributed by atoms with Gasteiger partial charge in [0.1, 0.15) is 11.2 Å². The standard InChI is InChI=1S/C52H33NOS/c1-2-15-41-35(11-1)12-8-18-42(41)38-14-7-13-37(33-38)34-25-29-39(30-26-34)53(48-22-10-21-47-45-17-4-6-24-50(45)55-52(47)48)40-31-27-36(28-32-40)43-19-9-20-46-44-16-3-5-23-49(44)54-51(43)46/h1-33H. The maximum Gasteiger partial charge on any atom is 0.143 e. The second kappa shape index (κ2) is 12.9. The van der Waals surface area contributed by atoms with Crippen molar-refractivity contribution in [2.75, 3.05) is 4.90 Å². The predicted molar refractivity (Wildman–Crippen MR) is 235 cm³/mol. The number of fused-ring (bicyclic) bond motifs is 7. The molecule has 0 bridgehead atoms. The Morgan fingerprint density at radius 1 is 0.382 bits per heavy atom. The van der Waals surface area contributed by atoms with E-state index in [0.717, 1.165) is 50.1 Å². The molecular weight excluding hydrogens is 687 g/mol. The highest BCUT2D eigenvalue weighted by Gasteiger charge is 2.19. The highest BCUT2D eigenvalue weighted by atomic mass is 32.1. The van der Waals surface area contributed by atoms with Gasteiger partial charge in [0, 0.05) is 43.2 Å². The number of anilines is 3.